The lowest BCUT2D eigenvalue weighted by molar-refractivity contribution is -0.267. The molecule has 3 rings (SSSR count). The molecule has 0 aliphatic heterocycles. The van der Waals surface area contributed by atoms with Gasteiger partial charge in [0.2, 0.25) is 0 Å². The largest absolute Gasteiger partial charge is 0.507 e. The molecule has 6 heteroatoms. The van der Waals surface area contributed by atoms with Crippen LogP contribution >= 0.6 is 0 Å². The minimum Gasteiger partial charge on any atom is -0.507 e. The number of carbonyl (C=O) groups excluding carboxylic acids is 2. The van der Waals surface area contributed by atoms with Crippen LogP contribution in [0.15, 0.2) is 24.3 Å². The fourth-order valence-corrected chi connectivity index (χ4v) is 6.63. The molecule has 2 N–H and O–H groups in total. The van der Waals surface area contributed by atoms with Gasteiger partial charge in [0.1, 0.15) is 11.5 Å². The lowest BCUT2D eigenvalue weighted by Crippen LogP contribution is -2.36. The lowest BCUT2D eigenvalue weighted by atomic mass is 9.72. The predicted molar refractivity (Wildman–Crippen MR) is 185 cm³/mol. The second-order valence-corrected chi connectivity index (χ2v) is 17.8. The summed E-state index contributed by atoms with van der Waals surface area (Å²) in [6.07, 6.45) is 6.08. The Morgan fingerprint density at radius 3 is 1.35 bits per heavy atom. The molecule has 0 amide bonds. The maximum Gasteiger partial charge on any atom is 0.361 e. The van der Waals surface area contributed by atoms with E-state index in [1.54, 1.807) is 0 Å². The van der Waals surface area contributed by atoms with Crippen molar-refractivity contribution in [3.05, 3.63) is 57.6 Å². The van der Waals surface area contributed by atoms with Crippen LogP contribution in [-0.2, 0) is 53.9 Å². The van der Waals surface area contributed by atoms with E-state index in [0.717, 1.165) is 59.1 Å². The van der Waals surface area contributed by atoms with Crippen LogP contribution in [0.4, 0.5) is 0 Å². The van der Waals surface area contributed by atoms with E-state index in [-0.39, 0.29) is 28.1 Å². The molecule has 0 bridgehead atoms. The van der Waals surface area contributed by atoms with E-state index in [4.69, 9.17) is 9.78 Å². The SMILES string of the molecule is CC(C)(C)c1cc(CCC(=O)OOC(=O)C2(Cc3cc(C(C)(C)C)c(O)c(C(C)(C)C)c3)CCCCCC2)cc(C(C)(C)C)c1O. The Kier molecular flexibility index (Phi) is 11.1. The number of hydrogen-bond acceptors (Lipinski definition) is 6. The fraction of sp³-hybridized carbons (Fsp3) is 0.650. The molecule has 0 aromatic heterocycles. The minimum absolute atomic E-state index is 0.0417. The molecule has 0 heterocycles. The van der Waals surface area contributed by atoms with E-state index in [0.29, 0.717) is 37.2 Å². The Hall–Kier alpha value is -3.02. The zero-order valence-corrected chi connectivity index (χ0v) is 30.7. The molecule has 1 fully saturated rings. The number of hydrogen-bond donors (Lipinski definition) is 2. The highest BCUT2D eigenvalue weighted by Crippen LogP contribution is 2.44. The summed E-state index contributed by atoms with van der Waals surface area (Å²) in [5.74, 6) is -0.491. The molecule has 1 aliphatic carbocycles. The van der Waals surface area contributed by atoms with E-state index in [9.17, 15) is 19.8 Å². The van der Waals surface area contributed by atoms with Crippen molar-refractivity contribution in [2.75, 3.05) is 0 Å². The molecular weight excluding hydrogens is 576 g/mol. The first-order valence-electron chi connectivity index (χ1n) is 17.1. The molecule has 6 nitrogen and oxygen atoms in total. The molecule has 256 valence electrons. The number of aryl methyl sites for hydroxylation is 1. The van der Waals surface area contributed by atoms with Crippen molar-refractivity contribution >= 4 is 11.9 Å². The molecule has 2 aromatic carbocycles. The molecule has 0 atom stereocenters. The summed E-state index contributed by atoms with van der Waals surface area (Å²) in [4.78, 5) is 37.4. The van der Waals surface area contributed by atoms with Crippen LogP contribution in [0.3, 0.4) is 0 Å². The Morgan fingerprint density at radius 2 is 0.978 bits per heavy atom. The van der Waals surface area contributed by atoms with Gasteiger partial charge in [-0.15, -0.1) is 0 Å². The first-order valence-corrected chi connectivity index (χ1v) is 17.1. The maximum atomic E-state index is 13.9. The molecule has 1 aliphatic rings. The smallest absolute Gasteiger partial charge is 0.361 e. The minimum atomic E-state index is -0.821. The average Bonchev–Trinajstić information content (AvgIpc) is 3.15. The molecule has 0 spiro atoms. The summed E-state index contributed by atoms with van der Waals surface area (Å²) in [5, 5.41) is 22.3. The molecule has 46 heavy (non-hydrogen) atoms. The summed E-state index contributed by atoms with van der Waals surface area (Å²) in [6, 6.07) is 7.98. The molecule has 2 aromatic rings. The van der Waals surface area contributed by atoms with Crippen LogP contribution in [0, 0.1) is 5.41 Å². The zero-order valence-electron chi connectivity index (χ0n) is 30.7. The van der Waals surface area contributed by atoms with Gasteiger partial charge in [-0.1, -0.05) is 133 Å². The van der Waals surface area contributed by atoms with Crippen LogP contribution in [0.25, 0.3) is 0 Å². The summed E-state index contributed by atoms with van der Waals surface area (Å²) in [5.41, 5.74) is 3.35. The second-order valence-electron chi connectivity index (χ2n) is 17.8. The first-order chi connectivity index (χ1) is 21.0. The summed E-state index contributed by atoms with van der Waals surface area (Å²) >= 11 is 0. The highest BCUT2D eigenvalue weighted by Gasteiger charge is 2.42. The van der Waals surface area contributed by atoms with Crippen molar-refractivity contribution in [1.82, 2.24) is 0 Å². The van der Waals surface area contributed by atoms with Crippen molar-refractivity contribution in [2.45, 2.75) is 163 Å². The Balaban J connectivity index is 1.83. The molecule has 0 saturated heterocycles. The lowest BCUT2D eigenvalue weighted by Gasteiger charge is -2.32. The quantitative estimate of drug-likeness (QED) is 0.186. The third kappa shape index (κ3) is 9.07. The third-order valence-electron chi connectivity index (χ3n) is 9.44. The van der Waals surface area contributed by atoms with Gasteiger partial charge >= 0.3 is 11.9 Å². The van der Waals surface area contributed by atoms with Gasteiger partial charge in [0, 0.05) is 0 Å². The van der Waals surface area contributed by atoms with Crippen LogP contribution in [0.1, 0.15) is 161 Å². The van der Waals surface area contributed by atoms with Crippen LogP contribution < -0.4 is 0 Å². The Bertz CT molecular complexity index is 1330. The number of carbonyl (C=O) groups is 2. The van der Waals surface area contributed by atoms with E-state index in [1.165, 1.54) is 0 Å². The first kappa shape index (κ1) is 37.4. The predicted octanol–water partition coefficient (Wildman–Crippen LogP) is 9.81. The monoisotopic (exact) mass is 636 g/mol. The number of phenolic OH excluding ortho intramolecular Hbond substituents is 2. The van der Waals surface area contributed by atoms with E-state index < -0.39 is 17.4 Å². The molecule has 1 saturated carbocycles. The summed E-state index contributed by atoms with van der Waals surface area (Å²) in [7, 11) is 0. The number of benzene rings is 2. The fourth-order valence-electron chi connectivity index (χ4n) is 6.63. The van der Waals surface area contributed by atoms with E-state index in [1.807, 2.05) is 24.3 Å². The van der Waals surface area contributed by atoms with Crippen LogP contribution in [-0.4, -0.2) is 22.2 Å². The highest BCUT2D eigenvalue weighted by molar-refractivity contribution is 5.78. The molecule has 0 unspecified atom stereocenters. The van der Waals surface area contributed by atoms with Gasteiger partial charge in [-0.05, 0) is 80.7 Å². The van der Waals surface area contributed by atoms with Gasteiger partial charge in [-0.3, -0.25) is 0 Å². The number of rotatable bonds is 6. The Morgan fingerprint density at radius 1 is 0.609 bits per heavy atom. The van der Waals surface area contributed by atoms with Gasteiger partial charge < -0.3 is 10.2 Å². The van der Waals surface area contributed by atoms with Gasteiger partial charge in [0.15, 0.2) is 0 Å². The van der Waals surface area contributed by atoms with Gasteiger partial charge in [-0.25, -0.2) is 19.4 Å². The van der Waals surface area contributed by atoms with Crippen molar-refractivity contribution in [1.29, 1.82) is 0 Å². The number of phenols is 2. The van der Waals surface area contributed by atoms with E-state index >= 15 is 0 Å². The molecule has 0 radical (unpaired) electrons. The van der Waals surface area contributed by atoms with Gasteiger partial charge in [-0.2, -0.15) is 0 Å². The van der Waals surface area contributed by atoms with E-state index in [2.05, 4.69) is 83.1 Å². The maximum absolute atomic E-state index is 13.9. The summed E-state index contributed by atoms with van der Waals surface area (Å²) < 4.78 is 0. The molecular formula is C40H60O6. The average molecular weight is 637 g/mol. The normalized spacial score (nSPS) is 16.1. The van der Waals surface area contributed by atoms with Gasteiger partial charge in [0.05, 0.1) is 11.8 Å². The van der Waals surface area contributed by atoms with Crippen molar-refractivity contribution < 1.29 is 29.6 Å². The standard InChI is InChI=1S/C40H60O6/c1-36(2,3)28-21-26(22-29(33(28)42)37(4,5)6)17-18-32(41)45-46-35(44)40(19-15-13-14-16-20-40)25-27-23-30(38(7,8)9)34(43)31(24-27)39(10,11)12/h21-24,42-43H,13-20,25H2,1-12H3. The Labute approximate surface area is 278 Å². The second kappa shape index (κ2) is 13.6. The van der Waals surface area contributed by atoms with Crippen molar-refractivity contribution in [3.8, 4) is 11.5 Å². The van der Waals surface area contributed by atoms with Crippen molar-refractivity contribution in [2.24, 2.45) is 5.41 Å². The van der Waals surface area contributed by atoms with Crippen LogP contribution in [0.2, 0.25) is 0 Å². The van der Waals surface area contributed by atoms with Gasteiger partial charge in [0.25, 0.3) is 0 Å². The number of aromatic hydroxyl groups is 2. The third-order valence-corrected chi connectivity index (χ3v) is 9.44. The topological polar surface area (TPSA) is 93.1 Å². The van der Waals surface area contributed by atoms with Crippen LogP contribution in [0.5, 0.6) is 11.5 Å². The van der Waals surface area contributed by atoms with Crippen molar-refractivity contribution in [3.63, 3.8) is 0 Å². The highest BCUT2D eigenvalue weighted by atomic mass is 17.2. The summed E-state index contributed by atoms with van der Waals surface area (Å²) in [6.45, 7) is 24.8. The zero-order chi connectivity index (χ0) is 34.9.